The minimum atomic E-state index is -0.995. The van der Waals surface area contributed by atoms with Crippen molar-refractivity contribution >= 4 is 5.97 Å². The van der Waals surface area contributed by atoms with Gasteiger partial charge in [0, 0.05) is 5.56 Å². The highest BCUT2D eigenvalue weighted by atomic mass is 16.5. The molecule has 0 unspecified atom stereocenters. The number of benzene rings is 1. The first kappa shape index (κ1) is 9.53. The standard InChI is InChI=1S/C11H9NO3/c1-11(5-12)6-15-9-3-2-7(10(13)14)4-8(9)11/h2-4H,6H2,1H3,(H,13,14)/t11-/m0/s1. The third kappa shape index (κ3) is 1.33. The van der Waals surface area contributed by atoms with Gasteiger partial charge in [-0.25, -0.2) is 4.79 Å². The number of hydrogen-bond donors (Lipinski definition) is 1. The van der Waals surface area contributed by atoms with Crippen molar-refractivity contribution in [3.63, 3.8) is 0 Å². The average Bonchev–Trinajstić information content (AvgIpc) is 2.57. The minimum Gasteiger partial charge on any atom is -0.491 e. The van der Waals surface area contributed by atoms with Crippen molar-refractivity contribution in [3.05, 3.63) is 29.3 Å². The van der Waals surface area contributed by atoms with E-state index in [0.717, 1.165) is 0 Å². The summed E-state index contributed by atoms with van der Waals surface area (Å²) in [5.41, 5.74) is 0.103. The summed E-state index contributed by atoms with van der Waals surface area (Å²) in [7, 11) is 0. The lowest BCUT2D eigenvalue weighted by atomic mass is 9.85. The van der Waals surface area contributed by atoms with Crippen LogP contribution in [0.25, 0.3) is 0 Å². The van der Waals surface area contributed by atoms with Crippen molar-refractivity contribution in [3.8, 4) is 11.8 Å². The Kier molecular flexibility index (Phi) is 1.90. The normalized spacial score (nSPS) is 22.7. The van der Waals surface area contributed by atoms with Crippen molar-refractivity contribution in [2.24, 2.45) is 0 Å². The van der Waals surface area contributed by atoms with Gasteiger partial charge in [0.15, 0.2) is 0 Å². The number of ether oxygens (including phenoxy) is 1. The highest BCUT2D eigenvalue weighted by Gasteiger charge is 2.37. The molecule has 0 aliphatic carbocycles. The molecule has 1 heterocycles. The summed E-state index contributed by atoms with van der Waals surface area (Å²) in [6, 6.07) is 6.73. The number of carbonyl (C=O) groups is 1. The van der Waals surface area contributed by atoms with Gasteiger partial charge in [0.05, 0.1) is 11.6 Å². The zero-order chi connectivity index (χ0) is 11.1. The summed E-state index contributed by atoms with van der Waals surface area (Å²) < 4.78 is 5.32. The summed E-state index contributed by atoms with van der Waals surface area (Å²) in [6.45, 7) is 2.02. The van der Waals surface area contributed by atoms with Gasteiger partial charge in [-0.1, -0.05) is 0 Å². The van der Waals surface area contributed by atoms with Crippen molar-refractivity contribution in [1.82, 2.24) is 0 Å². The molecule has 1 aromatic rings. The molecule has 4 heteroatoms. The fraction of sp³-hybridized carbons (Fsp3) is 0.273. The molecule has 2 rings (SSSR count). The van der Waals surface area contributed by atoms with E-state index in [1.165, 1.54) is 12.1 Å². The zero-order valence-corrected chi connectivity index (χ0v) is 8.15. The molecule has 0 saturated heterocycles. The first-order valence-corrected chi connectivity index (χ1v) is 4.49. The van der Waals surface area contributed by atoms with Crippen LogP contribution in [0.5, 0.6) is 5.75 Å². The molecule has 76 valence electrons. The molecule has 0 fully saturated rings. The van der Waals surface area contributed by atoms with Crippen LogP contribution >= 0.6 is 0 Å². The molecule has 0 bridgehead atoms. The summed E-state index contributed by atoms with van der Waals surface area (Å²) >= 11 is 0. The Morgan fingerprint density at radius 2 is 2.40 bits per heavy atom. The smallest absolute Gasteiger partial charge is 0.335 e. The number of rotatable bonds is 1. The molecule has 1 aliphatic rings. The fourth-order valence-corrected chi connectivity index (χ4v) is 1.61. The molecule has 4 nitrogen and oxygen atoms in total. The average molecular weight is 203 g/mol. The van der Waals surface area contributed by atoms with E-state index in [4.69, 9.17) is 15.1 Å². The van der Waals surface area contributed by atoms with Gasteiger partial charge in [0.2, 0.25) is 0 Å². The lowest BCUT2D eigenvalue weighted by Gasteiger charge is -2.11. The quantitative estimate of drug-likeness (QED) is 0.751. The Hall–Kier alpha value is -2.02. The van der Waals surface area contributed by atoms with Crippen molar-refractivity contribution < 1.29 is 14.6 Å². The van der Waals surface area contributed by atoms with E-state index in [9.17, 15) is 4.79 Å². The summed E-state index contributed by atoms with van der Waals surface area (Å²) in [5.74, 6) is -0.394. The zero-order valence-electron chi connectivity index (χ0n) is 8.15. The second-order valence-corrected chi connectivity index (χ2v) is 3.75. The number of fused-ring (bicyclic) bond motifs is 1. The number of aromatic carboxylic acids is 1. The Morgan fingerprint density at radius 1 is 1.67 bits per heavy atom. The molecular weight excluding hydrogens is 194 g/mol. The highest BCUT2D eigenvalue weighted by molar-refractivity contribution is 5.88. The van der Waals surface area contributed by atoms with E-state index < -0.39 is 11.4 Å². The van der Waals surface area contributed by atoms with E-state index in [1.54, 1.807) is 13.0 Å². The largest absolute Gasteiger partial charge is 0.491 e. The van der Waals surface area contributed by atoms with Crippen LogP contribution in [-0.4, -0.2) is 17.7 Å². The molecule has 15 heavy (non-hydrogen) atoms. The van der Waals surface area contributed by atoms with Gasteiger partial charge in [-0.15, -0.1) is 0 Å². The molecule has 0 aromatic heterocycles. The van der Waals surface area contributed by atoms with Crippen LogP contribution in [0.2, 0.25) is 0 Å². The second kappa shape index (κ2) is 2.99. The highest BCUT2D eigenvalue weighted by Crippen LogP contribution is 2.38. The van der Waals surface area contributed by atoms with E-state index in [-0.39, 0.29) is 12.2 Å². The van der Waals surface area contributed by atoms with E-state index in [0.29, 0.717) is 11.3 Å². The van der Waals surface area contributed by atoms with Gasteiger partial charge in [0.1, 0.15) is 17.8 Å². The third-order valence-electron chi connectivity index (χ3n) is 2.58. The Labute approximate surface area is 86.7 Å². The Bertz CT molecular complexity index is 475. The molecule has 0 spiro atoms. The lowest BCUT2D eigenvalue weighted by molar-refractivity contribution is 0.0697. The monoisotopic (exact) mass is 203 g/mol. The number of carboxylic acids is 1. The first-order valence-electron chi connectivity index (χ1n) is 4.49. The SMILES string of the molecule is C[C@]1(C#N)COc2ccc(C(=O)O)cc21. The van der Waals surface area contributed by atoms with E-state index in [1.807, 2.05) is 0 Å². The number of carboxylic acid groups (broad SMARTS) is 1. The summed E-state index contributed by atoms with van der Waals surface area (Å²) in [4.78, 5) is 10.8. The van der Waals surface area contributed by atoms with Crippen molar-refractivity contribution in [1.29, 1.82) is 5.26 Å². The molecule has 1 aliphatic heterocycles. The predicted octanol–water partition coefficient (Wildman–Crippen LogP) is 1.56. The topological polar surface area (TPSA) is 70.3 Å². The fourth-order valence-electron chi connectivity index (χ4n) is 1.61. The number of hydrogen-bond acceptors (Lipinski definition) is 3. The van der Waals surface area contributed by atoms with Gasteiger partial charge >= 0.3 is 5.97 Å². The van der Waals surface area contributed by atoms with Crippen LogP contribution in [0.1, 0.15) is 22.8 Å². The minimum absolute atomic E-state index is 0.181. The molecule has 1 aromatic carbocycles. The molecule has 1 atom stereocenters. The number of nitriles is 1. The van der Waals surface area contributed by atoms with E-state index in [2.05, 4.69) is 6.07 Å². The van der Waals surface area contributed by atoms with Crippen LogP contribution < -0.4 is 4.74 Å². The van der Waals surface area contributed by atoms with Gasteiger partial charge in [0.25, 0.3) is 0 Å². The molecule has 0 saturated carbocycles. The third-order valence-corrected chi connectivity index (χ3v) is 2.58. The van der Waals surface area contributed by atoms with Crippen LogP contribution in [0.15, 0.2) is 18.2 Å². The molecule has 0 amide bonds. The van der Waals surface area contributed by atoms with Gasteiger partial charge in [-0.2, -0.15) is 5.26 Å². The van der Waals surface area contributed by atoms with Gasteiger partial charge in [-0.3, -0.25) is 0 Å². The molecular formula is C11H9NO3. The van der Waals surface area contributed by atoms with E-state index >= 15 is 0 Å². The van der Waals surface area contributed by atoms with Crippen LogP contribution in [0.4, 0.5) is 0 Å². The maximum atomic E-state index is 10.8. The summed E-state index contributed by atoms with van der Waals surface area (Å²) in [6.07, 6.45) is 0. The second-order valence-electron chi connectivity index (χ2n) is 3.75. The molecule has 0 radical (unpaired) electrons. The van der Waals surface area contributed by atoms with Crippen molar-refractivity contribution in [2.75, 3.05) is 6.61 Å². The lowest BCUT2D eigenvalue weighted by Crippen LogP contribution is -2.21. The maximum Gasteiger partial charge on any atom is 0.335 e. The molecule has 1 N–H and O–H groups in total. The van der Waals surface area contributed by atoms with Crippen LogP contribution in [-0.2, 0) is 5.41 Å². The van der Waals surface area contributed by atoms with Gasteiger partial charge in [-0.05, 0) is 25.1 Å². The van der Waals surface area contributed by atoms with Gasteiger partial charge < -0.3 is 9.84 Å². The Balaban J connectivity index is 2.57. The number of nitrogens with zero attached hydrogens (tertiary/aromatic N) is 1. The summed E-state index contributed by atoms with van der Waals surface area (Å²) in [5, 5.41) is 17.9. The van der Waals surface area contributed by atoms with Crippen molar-refractivity contribution in [2.45, 2.75) is 12.3 Å². The van der Waals surface area contributed by atoms with Crippen LogP contribution in [0.3, 0.4) is 0 Å². The van der Waals surface area contributed by atoms with Crippen LogP contribution in [0, 0.1) is 11.3 Å². The predicted molar refractivity (Wildman–Crippen MR) is 51.9 cm³/mol. The Morgan fingerprint density at radius 3 is 3.00 bits per heavy atom. The first-order chi connectivity index (χ1) is 7.07. The maximum absolute atomic E-state index is 10.8.